The van der Waals surface area contributed by atoms with E-state index in [-0.39, 0.29) is 0 Å². The number of ether oxygens (including phenoxy) is 5. The number of hydrogen-bond acceptors (Lipinski definition) is 45. The highest BCUT2D eigenvalue weighted by atomic mass is 31.3. The van der Waals surface area contributed by atoms with Gasteiger partial charge in [0, 0.05) is 126 Å². The van der Waals surface area contributed by atoms with E-state index in [1.54, 1.807) is 131 Å². The monoisotopic (exact) mass is 2440 g/mol. The molecule has 61 nitrogen and oxygen atoms in total. The van der Waals surface area contributed by atoms with Crippen LogP contribution in [0.4, 0.5) is 0 Å². The van der Waals surface area contributed by atoms with Crippen molar-refractivity contribution in [2.24, 2.45) is 27.1 Å². The summed E-state index contributed by atoms with van der Waals surface area (Å²) in [6.07, 6.45) is 7.29. The Kier molecular flexibility index (Phi) is 45.7. The van der Waals surface area contributed by atoms with E-state index in [0.29, 0.717) is 69.4 Å². The third-order valence-corrected chi connectivity index (χ3v) is 42.8. The van der Waals surface area contributed by atoms with Crippen LogP contribution in [0.3, 0.4) is 0 Å². The van der Waals surface area contributed by atoms with Gasteiger partial charge in [0.05, 0.1) is 63.6 Å². The minimum Gasteiger partial charge on any atom is -0.390 e. The molecule has 0 bridgehead atoms. The minimum atomic E-state index is -5.63. The molecule has 0 aromatic rings. The average molecular weight is 2440 g/mol. The number of aliphatic hydroxyl groups is 5. The number of phosphoric ester groups is 5. The van der Waals surface area contributed by atoms with Crippen LogP contribution in [0.15, 0.2) is 158 Å². The molecule has 10 aliphatic heterocycles. The lowest BCUT2D eigenvalue weighted by Crippen LogP contribution is -2.44. The third-order valence-electron chi connectivity index (χ3n) is 22.3. The zero-order valence-electron chi connectivity index (χ0n) is 82.8. The van der Waals surface area contributed by atoms with Crippen molar-refractivity contribution in [1.29, 1.82) is 0 Å². The molecular formula is C73H130N5O56P15. The van der Waals surface area contributed by atoms with Crippen LogP contribution in [0, 0.1) is 27.1 Å². The zero-order valence-corrected chi connectivity index (χ0v) is 96.2. The molecule has 10 aliphatic rings. The van der Waals surface area contributed by atoms with Gasteiger partial charge in [0.1, 0.15) is 61.7 Å². The van der Waals surface area contributed by atoms with Gasteiger partial charge in [0.15, 0.2) is 0 Å². The van der Waals surface area contributed by atoms with Crippen molar-refractivity contribution in [3.63, 3.8) is 0 Å². The summed E-state index contributed by atoms with van der Waals surface area (Å²) >= 11 is 0. The summed E-state index contributed by atoms with van der Waals surface area (Å²) in [6.45, 7) is 47.5. The van der Waals surface area contributed by atoms with E-state index < -0.39 is 269 Å². The molecule has 0 amide bonds. The molecule has 5 saturated heterocycles. The number of allylic oxidation sites excluding steroid dienone is 11. The second kappa shape index (κ2) is 50.4. The molecule has 0 radical (unpaired) electrons. The lowest BCUT2D eigenvalue weighted by atomic mass is 9.83. The average Bonchev–Trinajstić information content (AvgIpc) is 1.63. The fourth-order valence-corrected chi connectivity index (χ4v) is 32.3. The van der Waals surface area contributed by atoms with Crippen molar-refractivity contribution in [1.82, 2.24) is 24.5 Å². The summed E-state index contributed by atoms with van der Waals surface area (Å²) in [5.74, 6) is 0. The largest absolute Gasteiger partial charge is 0.490 e. The Hall–Kier alpha value is -2.57. The predicted octanol–water partition coefficient (Wildman–Crippen LogP) is 11.6. The van der Waals surface area contributed by atoms with Crippen molar-refractivity contribution in [2.45, 2.75) is 214 Å². The van der Waals surface area contributed by atoms with Crippen LogP contribution in [0.2, 0.25) is 0 Å². The smallest absolute Gasteiger partial charge is 0.390 e. The number of aliphatic hydroxyl groups excluding tert-OH is 5. The number of rotatable bonds is 40. The maximum atomic E-state index is 12.0. The van der Waals surface area contributed by atoms with Crippen LogP contribution in [0.1, 0.15) is 122 Å². The molecule has 858 valence electrons. The van der Waals surface area contributed by atoms with Gasteiger partial charge in [-0.1, -0.05) is 127 Å². The quantitative estimate of drug-likeness (QED) is 0.0253. The van der Waals surface area contributed by atoms with Crippen molar-refractivity contribution < 1.29 is 262 Å². The summed E-state index contributed by atoms with van der Waals surface area (Å²) in [4.78, 5) is 156. The van der Waals surface area contributed by atoms with E-state index in [4.69, 9.17) is 53.0 Å². The molecule has 0 aliphatic carbocycles. The first-order valence-corrected chi connectivity index (χ1v) is 67.7. The first-order valence-electron chi connectivity index (χ1n) is 43.1. The van der Waals surface area contributed by atoms with Crippen molar-refractivity contribution >= 4 is 116 Å². The van der Waals surface area contributed by atoms with E-state index in [9.17, 15) is 143 Å². The fourth-order valence-electron chi connectivity index (χ4n) is 15.4. The Bertz CT molecular complexity index is 5780. The van der Waals surface area contributed by atoms with E-state index in [1.165, 1.54) is 0 Å². The van der Waals surface area contributed by atoms with Crippen LogP contribution in [-0.4, -0.2) is 280 Å². The molecule has 29 unspecified atom stereocenters. The Morgan fingerprint density at radius 3 is 0.785 bits per heavy atom. The fraction of sp³-hybridized carbons (Fsp3) is 0.644. The Balaban J connectivity index is 0.000000284. The number of hydrogen-bond donors (Lipinski definition) is 21. The van der Waals surface area contributed by atoms with Gasteiger partial charge >= 0.3 is 116 Å². The molecule has 76 heteroatoms. The standard InChI is InChI=1S/2C15H26NO11P3.C15H28NO11P3.C14H24NO12P3.C14H26NO11P3/c2*1-10-6-7-16(11(2)8-10)14-15(3,4)13(17)12(25-14)9-24-29(20,21)27-30(22,23)26-28(5,18)19;1-10-6-7-11(2)16(8-10)14-15(3,4)13(17)12(25-14)9-24-29(20,21)27-30(22,23)26-28(5,18)19;1-9-5-6-15(10(2)7-9)13-14(3,4)12(16)11(25-13)8-24-29(20,21)27-30(22,23)26-28(17,18)19;1-10-7-5-6-8-15(10)13-14(2,3)12(16)11(24-13)9-23-28(19,20)26-29(21,22)25-27(4,17)18/h6-8,12-14,17H,2,9H2,1,3-5H3,(H,18,19)(H,20,21)(H,22,23);6-7,12-14,17H,1-2,8-9H2,3-5H3,(H,18,19)(H,20,21)(H,22,23);8,12-14,17H,2,6-7,9H2,1,3-5H3,(H,18,19)(H,20,21)(H,22,23);5-6,11-13,16H,1-2,7-8H2,3-4H3,(H,20,21)(H,22,23)(H2,17,18,19);6,8,11-13,16H,1,5,7,9H2,2-4H3,(H,17,18)(H,19,20)(H,21,22). The second-order valence-corrected chi connectivity index (χ2v) is 62.4. The van der Waals surface area contributed by atoms with E-state index >= 15 is 0 Å². The van der Waals surface area contributed by atoms with Crippen molar-refractivity contribution in [2.75, 3.05) is 59.7 Å². The molecule has 0 spiro atoms. The number of nitrogens with zero attached hydrogens (tertiary/aromatic N) is 5. The first-order chi connectivity index (χ1) is 66.8. The maximum absolute atomic E-state index is 12.0. The molecule has 10 rings (SSSR count). The van der Waals surface area contributed by atoms with E-state index in [1.807, 2.05) is 38.3 Å². The van der Waals surface area contributed by atoms with Crippen LogP contribution < -0.4 is 0 Å². The Labute approximate surface area is 857 Å². The van der Waals surface area contributed by atoms with Gasteiger partial charge in [-0.15, -0.1) is 0 Å². The Morgan fingerprint density at radius 1 is 0.309 bits per heavy atom. The van der Waals surface area contributed by atoms with Gasteiger partial charge < -0.3 is 152 Å². The normalized spacial score (nSPS) is 32.3. The molecular weight excluding hydrogens is 2310 g/mol. The molecule has 10 heterocycles. The molecule has 0 aromatic heterocycles. The first kappa shape index (κ1) is 135. The van der Waals surface area contributed by atoms with Gasteiger partial charge in [0.25, 0.3) is 0 Å². The van der Waals surface area contributed by atoms with Gasteiger partial charge in [-0.3, -0.25) is 40.9 Å². The molecule has 0 aromatic carbocycles. The SMILES string of the molecule is C=C1C=C(C)C=CN1C1OC(COP(=O)(O)OP(=O)(O)OP(C)(=O)O)C(O)C1(C)C.C=C1C=CN(C2OC(COP(=O)(O)OP(=O)(O)OP(=O)(O)O)C(O)C2(C)C)C(=C)C1.C=C1C=CN(C2OC(COP(=O)(O)OP(=O)(O)OP(C)(=O)O)C(O)C2(C)C)C(=C)C1.C=C1CCC(C)=CN1C1OC(COP(=O)(O)OP(=O)(O)OP(C)(=O)O)C(O)C1(C)C.C=C1CCC=CN1C1OC(COP(=O)(O)OP(=O)(O)OP(C)(=O)O)C(O)C1(C)C. The summed E-state index contributed by atoms with van der Waals surface area (Å²) in [7, 11) is -76.7. The lowest BCUT2D eigenvalue weighted by molar-refractivity contribution is -0.0681. The molecule has 149 heavy (non-hydrogen) atoms. The minimum absolute atomic E-state index is 0.481. The van der Waals surface area contributed by atoms with E-state index in [2.05, 4.69) is 112 Å². The zero-order chi connectivity index (χ0) is 115. The lowest BCUT2D eigenvalue weighted by Gasteiger charge is -2.39. The van der Waals surface area contributed by atoms with Gasteiger partial charge in [-0.2, -0.15) is 25.9 Å². The molecule has 0 saturated carbocycles. The molecule has 21 N–H and O–H groups in total. The van der Waals surface area contributed by atoms with Crippen molar-refractivity contribution in [3.05, 3.63) is 158 Å². The van der Waals surface area contributed by atoms with Crippen LogP contribution in [0.5, 0.6) is 0 Å². The summed E-state index contributed by atoms with van der Waals surface area (Å²) in [6, 6.07) is 0. The van der Waals surface area contributed by atoms with Crippen LogP contribution >= 0.6 is 116 Å². The van der Waals surface area contributed by atoms with E-state index in [0.717, 1.165) is 46.5 Å². The van der Waals surface area contributed by atoms with Gasteiger partial charge in [-0.05, 0) is 80.6 Å². The van der Waals surface area contributed by atoms with Crippen LogP contribution in [-0.2, 0) is 158 Å². The van der Waals surface area contributed by atoms with Gasteiger partial charge in [-0.25, -0.2) is 67.5 Å². The molecule has 5 fully saturated rings. The summed E-state index contributed by atoms with van der Waals surface area (Å²) in [5.41, 5.74) is 3.00. The second-order valence-electron chi connectivity index (χ2n) is 37.8. The maximum Gasteiger partial charge on any atom is 0.490 e. The predicted molar refractivity (Wildman–Crippen MR) is 521 cm³/mol. The number of phosphoric acid groups is 11. The topological polar surface area (TPSA) is 882 Å². The van der Waals surface area contributed by atoms with Crippen molar-refractivity contribution in [3.8, 4) is 0 Å². The van der Waals surface area contributed by atoms with Crippen LogP contribution in [0.25, 0.3) is 0 Å². The highest BCUT2D eigenvalue weighted by molar-refractivity contribution is 7.70. The highest BCUT2D eigenvalue weighted by Crippen LogP contribution is 2.72. The Morgan fingerprint density at radius 2 is 0.544 bits per heavy atom. The molecule has 29 atom stereocenters. The highest BCUT2D eigenvalue weighted by Gasteiger charge is 2.60. The summed E-state index contributed by atoms with van der Waals surface area (Å²) in [5, 5.41) is 53.1. The van der Waals surface area contributed by atoms with Gasteiger partial charge in [0.2, 0.25) is 0 Å². The summed E-state index contributed by atoms with van der Waals surface area (Å²) < 4.78 is 263. The third kappa shape index (κ3) is 40.9.